The van der Waals surface area contributed by atoms with Gasteiger partial charge in [0.15, 0.2) is 0 Å². The Bertz CT molecular complexity index is 398. The van der Waals surface area contributed by atoms with Crippen molar-refractivity contribution in [2.45, 2.75) is 65.3 Å². The van der Waals surface area contributed by atoms with Crippen molar-refractivity contribution in [1.29, 1.82) is 0 Å². The zero-order valence-electron chi connectivity index (χ0n) is 13.7. The van der Waals surface area contributed by atoms with Crippen LogP contribution in [-0.2, 0) is 13.5 Å². The molecule has 1 atom stereocenters. The molecule has 0 spiro atoms. The van der Waals surface area contributed by atoms with E-state index in [2.05, 4.69) is 37.4 Å². The Kier molecular flexibility index (Phi) is 5.25. The minimum atomic E-state index is 0.566. The summed E-state index contributed by atoms with van der Waals surface area (Å²) in [5.41, 5.74) is 1.93. The molecule has 1 aliphatic rings. The highest BCUT2D eigenvalue weighted by Gasteiger charge is 2.30. The van der Waals surface area contributed by atoms with Crippen LogP contribution < -0.4 is 5.32 Å². The van der Waals surface area contributed by atoms with Crippen molar-refractivity contribution < 1.29 is 0 Å². The smallest absolute Gasteiger partial charge is 0.0521 e. The van der Waals surface area contributed by atoms with Crippen molar-refractivity contribution in [3.8, 4) is 0 Å². The maximum atomic E-state index is 4.27. The fourth-order valence-corrected chi connectivity index (χ4v) is 3.51. The summed E-state index contributed by atoms with van der Waals surface area (Å²) in [6, 6.07) is 0.677. The average molecular weight is 277 g/mol. The standard InChI is InChI=1S/C17H31N3/c1-5-18-16(7-6-14-12-19-20(4)13-14)15-8-10-17(2,3)11-9-15/h12-13,15-16,18H,5-11H2,1-4H3. The van der Waals surface area contributed by atoms with Crippen LogP contribution in [0.3, 0.4) is 0 Å². The largest absolute Gasteiger partial charge is 0.314 e. The normalized spacial score (nSPS) is 21.0. The SMILES string of the molecule is CCNC(CCc1cnn(C)c1)C1CCC(C)(C)CC1. The highest BCUT2D eigenvalue weighted by molar-refractivity contribution is 5.04. The predicted octanol–water partition coefficient (Wildman–Crippen LogP) is 3.55. The Morgan fingerprint density at radius 1 is 1.40 bits per heavy atom. The quantitative estimate of drug-likeness (QED) is 0.862. The maximum absolute atomic E-state index is 4.27. The zero-order chi connectivity index (χ0) is 14.6. The van der Waals surface area contributed by atoms with Gasteiger partial charge in [0.1, 0.15) is 0 Å². The third-order valence-corrected chi connectivity index (χ3v) is 4.92. The van der Waals surface area contributed by atoms with Crippen LogP contribution in [-0.4, -0.2) is 22.4 Å². The second-order valence-electron chi connectivity index (χ2n) is 7.23. The Labute approximate surface area is 124 Å². The van der Waals surface area contributed by atoms with E-state index in [-0.39, 0.29) is 0 Å². The van der Waals surface area contributed by atoms with Gasteiger partial charge in [-0.25, -0.2) is 0 Å². The Morgan fingerprint density at radius 3 is 2.65 bits per heavy atom. The molecule has 1 N–H and O–H groups in total. The molecule has 20 heavy (non-hydrogen) atoms. The van der Waals surface area contributed by atoms with Gasteiger partial charge in [-0.2, -0.15) is 5.10 Å². The molecule has 0 amide bonds. The second-order valence-corrected chi connectivity index (χ2v) is 7.23. The molecule has 0 radical (unpaired) electrons. The molecule has 3 heteroatoms. The summed E-state index contributed by atoms with van der Waals surface area (Å²) in [6.45, 7) is 8.14. The van der Waals surface area contributed by atoms with Crippen molar-refractivity contribution in [2.75, 3.05) is 6.54 Å². The molecular formula is C17H31N3. The van der Waals surface area contributed by atoms with E-state index in [0.717, 1.165) is 18.9 Å². The van der Waals surface area contributed by atoms with E-state index in [1.54, 1.807) is 0 Å². The lowest BCUT2D eigenvalue weighted by Gasteiger charge is -2.38. The van der Waals surface area contributed by atoms with Gasteiger partial charge in [-0.15, -0.1) is 0 Å². The van der Waals surface area contributed by atoms with Gasteiger partial charge in [-0.1, -0.05) is 20.8 Å². The number of hydrogen-bond acceptors (Lipinski definition) is 2. The van der Waals surface area contributed by atoms with Crippen LogP contribution in [0.5, 0.6) is 0 Å². The van der Waals surface area contributed by atoms with Gasteiger partial charge in [0.05, 0.1) is 6.20 Å². The van der Waals surface area contributed by atoms with Crippen molar-refractivity contribution in [2.24, 2.45) is 18.4 Å². The maximum Gasteiger partial charge on any atom is 0.0521 e. The van der Waals surface area contributed by atoms with Crippen LogP contribution in [0.2, 0.25) is 0 Å². The van der Waals surface area contributed by atoms with Crippen LogP contribution in [0.25, 0.3) is 0 Å². The molecule has 1 aliphatic carbocycles. The molecule has 1 heterocycles. The summed E-state index contributed by atoms with van der Waals surface area (Å²) in [7, 11) is 1.99. The number of nitrogens with one attached hydrogen (secondary N) is 1. The summed E-state index contributed by atoms with van der Waals surface area (Å²) < 4.78 is 1.90. The fourth-order valence-electron chi connectivity index (χ4n) is 3.51. The van der Waals surface area contributed by atoms with Crippen molar-refractivity contribution >= 4 is 0 Å². The van der Waals surface area contributed by atoms with E-state index >= 15 is 0 Å². The molecule has 1 saturated carbocycles. The molecule has 1 fully saturated rings. The minimum Gasteiger partial charge on any atom is -0.314 e. The van der Waals surface area contributed by atoms with E-state index in [4.69, 9.17) is 0 Å². The average Bonchev–Trinajstić information content (AvgIpc) is 2.81. The van der Waals surface area contributed by atoms with E-state index in [1.807, 2.05) is 17.9 Å². The predicted molar refractivity (Wildman–Crippen MR) is 84.7 cm³/mol. The van der Waals surface area contributed by atoms with Gasteiger partial charge < -0.3 is 5.32 Å². The van der Waals surface area contributed by atoms with Crippen LogP contribution in [0.15, 0.2) is 12.4 Å². The molecule has 1 aromatic rings. The zero-order valence-corrected chi connectivity index (χ0v) is 13.7. The van der Waals surface area contributed by atoms with E-state index in [1.165, 1.54) is 37.7 Å². The first kappa shape index (κ1) is 15.6. The van der Waals surface area contributed by atoms with Crippen molar-refractivity contribution in [3.63, 3.8) is 0 Å². The number of aryl methyl sites for hydroxylation is 2. The molecule has 3 nitrogen and oxygen atoms in total. The molecular weight excluding hydrogens is 246 g/mol. The molecule has 0 aliphatic heterocycles. The summed E-state index contributed by atoms with van der Waals surface area (Å²) in [5.74, 6) is 0.861. The third-order valence-electron chi connectivity index (χ3n) is 4.92. The van der Waals surface area contributed by atoms with Gasteiger partial charge in [0.2, 0.25) is 0 Å². The third kappa shape index (κ3) is 4.34. The van der Waals surface area contributed by atoms with Gasteiger partial charge in [0.25, 0.3) is 0 Å². The van der Waals surface area contributed by atoms with Crippen LogP contribution >= 0.6 is 0 Å². The van der Waals surface area contributed by atoms with Gasteiger partial charge >= 0.3 is 0 Å². The number of aromatic nitrogens is 2. The highest BCUT2D eigenvalue weighted by Crippen LogP contribution is 2.39. The van der Waals surface area contributed by atoms with Crippen LogP contribution in [0.1, 0.15) is 58.4 Å². The lowest BCUT2D eigenvalue weighted by Crippen LogP contribution is -2.39. The molecule has 0 aromatic carbocycles. The van der Waals surface area contributed by atoms with Crippen molar-refractivity contribution in [3.05, 3.63) is 18.0 Å². The van der Waals surface area contributed by atoms with Crippen LogP contribution in [0, 0.1) is 11.3 Å². The fraction of sp³-hybridized carbons (Fsp3) is 0.824. The first-order valence-corrected chi connectivity index (χ1v) is 8.21. The summed E-state index contributed by atoms with van der Waals surface area (Å²) in [6.07, 6.45) is 12.1. The summed E-state index contributed by atoms with van der Waals surface area (Å²) >= 11 is 0. The number of hydrogen-bond donors (Lipinski definition) is 1. The van der Waals surface area contributed by atoms with E-state index in [0.29, 0.717) is 11.5 Å². The minimum absolute atomic E-state index is 0.566. The molecule has 114 valence electrons. The second kappa shape index (κ2) is 6.75. The molecule has 0 bridgehead atoms. The first-order valence-electron chi connectivity index (χ1n) is 8.21. The van der Waals surface area contributed by atoms with Gasteiger partial charge in [0, 0.05) is 19.3 Å². The molecule has 1 aromatic heterocycles. The monoisotopic (exact) mass is 277 g/mol. The molecule has 2 rings (SSSR count). The lowest BCUT2D eigenvalue weighted by atomic mass is 9.70. The summed E-state index contributed by atoms with van der Waals surface area (Å²) in [5, 5.41) is 8.00. The highest BCUT2D eigenvalue weighted by atomic mass is 15.2. The number of rotatable bonds is 6. The molecule has 1 unspecified atom stereocenters. The molecule has 0 saturated heterocycles. The van der Waals surface area contributed by atoms with E-state index < -0.39 is 0 Å². The first-order chi connectivity index (χ1) is 9.50. The summed E-state index contributed by atoms with van der Waals surface area (Å²) in [4.78, 5) is 0. The Morgan fingerprint density at radius 2 is 2.10 bits per heavy atom. The van der Waals surface area contributed by atoms with Gasteiger partial charge in [-0.3, -0.25) is 4.68 Å². The number of nitrogens with zero attached hydrogens (tertiary/aromatic N) is 2. The van der Waals surface area contributed by atoms with Crippen molar-refractivity contribution in [1.82, 2.24) is 15.1 Å². The Hall–Kier alpha value is -0.830. The van der Waals surface area contributed by atoms with Crippen LogP contribution in [0.4, 0.5) is 0 Å². The van der Waals surface area contributed by atoms with Gasteiger partial charge in [-0.05, 0) is 62.0 Å². The van der Waals surface area contributed by atoms with E-state index in [9.17, 15) is 0 Å². The topological polar surface area (TPSA) is 29.9 Å². The Balaban J connectivity index is 1.87. The lowest BCUT2D eigenvalue weighted by molar-refractivity contribution is 0.158.